The predicted molar refractivity (Wildman–Crippen MR) is 76.5 cm³/mol. The minimum Gasteiger partial charge on any atom is -0.511 e. The maximum Gasteiger partial charge on any atom is 0.421 e. The van der Waals surface area contributed by atoms with Crippen LogP contribution in [0.25, 0.3) is 0 Å². The molecule has 0 aliphatic heterocycles. The Hall–Kier alpha value is -2.38. The zero-order valence-corrected chi connectivity index (χ0v) is 12.7. The van der Waals surface area contributed by atoms with Gasteiger partial charge < -0.3 is 9.67 Å². The van der Waals surface area contributed by atoms with Gasteiger partial charge in [-0.2, -0.15) is 13.2 Å². The van der Waals surface area contributed by atoms with Gasteiger partial charge in [-0.25, -0.2) is 0 Å². The first-order valence-corrected chi connectivity index (χ1v) is 7.35. The van der Waals surface area contributed by atoms with Crippen LogP contribution in [0.3, 0.4) is 0 Å². The Morgan fingerprint density at radius 2 is 2.00 bits per heavy atom. The number of halogens is 3. The number of Topliss-reactive ketones (excluding diaryl/α,β-unsaturated/α-hetero) is 1. The number of carbonyl (C=O) groups is 2. The number of ketones is 2. The van der Waals surface area contributed by atoms with Gasteiger partial charge in [0.05, 0.1) is 11.1 Å². The van der Waals surface area contributed by atoms with Crippen LogP contribution < -0.4 is 5.56 Å². The number of carbonyl (C=O) groups excluding carboxylic acids is 2. The van der Waals surface area contributed by atoms with E-state index in [9.17, 15) is 32.7 Å². The van der Waals surface area contributed by atoms with Gasteiger partial charge in [-0.3, -0.25) is 14.4 Å². The van der Waals surface area contributed by atoms with Crippen molar-refractivity contribution in [2.24, 2.45) is 18.4 Å². The summed E-state index contributed by atoms with van der Waals surface area (Å²) in [6, 6.07) is 1.52. The number of hydrogen-bond donors (Lipinski definition) is 1. The fourth-order valence-electron chi connectivity index (χ4n) is 3.56. The zero-order chi connectivity index (χ0) is 17.9. The highest BCUT2D eigenvalue weighted by Gasteiger charge is 2.53. The van der Waals surface area contributed by atoms with E-state index >= 15 is 0 Å². The third-order valence-electron chi connectivity index (χ3n) is 4.96. The topological polar surface area (TPSA) is 76.4 Å². The summed E-state index contributed by atoms with van der Waals surface area (Å²) in [5.74, 6) is -1.65. The molecule has 0 spiro atoms. The van der Waals surface area contributed by atoms with E-state index in [-0.39, 0.29) is 36.0 Å². The molecule has 3 rings (SSSR count). The van der Waals surface area contributed by atoms with Gasteiger partial charge >= 0.3 is 6.18 Å². The lowest BCUT2D eigenvalue weighted by atomic mass is 9.74. The van der Waals surface area contributed by atoms with E-state index in [1.54, 1.807) is 0 Å². The zero-order valence-electron chi connectivity index (χ0n) is 12.7. The summed E-state index contributed by atoms with van der Waals surface area (Å²) >= 11 is 0. The second kappa shape index (κ2) is 5.06. The molecule has 24 heavy (non-hydrogen) atoms. The first kappa shape index (κ1) is 16.5. The van der Waals surface area contributed by atoms with E-state index < -0.39 is 28.5 Å². The molecule has 0 amide bonds. The first-order valence-electron chi connectivity index (χ1n) is 7.35. The van der Waals surface area contributed by atoms with Crippen molar-refractivity contribution in [3.8, 4) is 0 Å². The Labute approximate surface area is 134 Å². The van der Waals surface area contributed by atoms with Gasteiger partial charge in [-0.1, -0.05) is 0 Å². The molecule has 2 aliphatic rings. The van der Waals surface area contributed by atoms with Gasteiger partial charge in [0.2, 0.25) is 0 Å². The number of allylic oxidation sites excluding steroid dienone is 2. The standard InChI is InChI=1S/C16H14F3NO4/c1-20-10(3-2-9(14(20)24)16(17,18)19)13(23)15-5-4-8(7-15)11(21)6-12(15)22/h2-3,6,8,22H,4-5,7H2,1H3. The molecule has 5 nitrogen and oxygen atoms in total. The van der Waals surface area contributed by atoms with Crippen LogP contribution in [0.2, 0.25) is 0 Å². The fourth-order valence-corrected chi connectivity index (χ4v) is 3.56. The number of rotatable bonds is 2. The molecule has 1 fully saturated rings. The van der Waals surface area contributed by atoms with E-state index in [0.29, 0.717) is 17.1 Å². The van der Waals surface area contributed by atoms with Crippen LogP contribution >= 0.6 is 0 Å². The van der Waals surface area contributed by atoms with Gasteiger partial charge in [-0.15, -0.1) is 0 Å². The third-order valence-corrected chi connectivity index (χ3v) is 4.96. The minimum absolute atomic E-state index is 0.113. The molecule has 1 saturated carbocycles. The molecule has 1 N–H and O–H groups in total. The number of alkyl halides is 3. The van der Waals surface area contributed by atoms with Crippen LogP contribution in [0.1, 0.15) is 35.3 Å². The van der Waals surface area contributed by atoms with Crippen molar-refractivity contribution >= 4 is 11.6 Å². The van der Waals surface area contributed by atoms with E-state index in [4.69, 9.17) is 0 Å². The van der Waals surface area contributed by atoms with E-state index in [2.05, 4.69) is 0 Å². The Kier molecular flexibility index (Phi) is 3.47. The van der Waals surface area contributed by atoms with Crippen molar-refractivity contribution in [1.29, 1.82) is 0 Å². The molecule has 0 aromatic carbocycles. The smallest absolute Gasteiger partial charge is 0.421 e. The first-order chi connectivity index (χ1) is 11.1. The molecule has 8 heteroatoms. The average molecular weight is 341 g/mol. The molecule has 2 bridgehead atoms. The molecule has 1 heterocycles. The summed E-state index contributed by atoms with van der Waals surface area (Å²) in [6.07, 6.45) is -3.05. The molecule has 2 atom stereocenters. The molecular formula is C16H14F3NO4. The Morgan fingerprint density at radius 1 is 1.33 bits per heavy atom. The number of aromatic nitrogens is 1. The summed E-state index contributed by atoms with van der Waals surface area (Å²) in [5.41, 5.74) is -4.23. The molecule has 0 saturated heterocycles. The number of fused-ring (bicyclic) bond motifs is 2. The highest BCUT2D eigenvalue weighted by molar-refractivity contribution is 6.05. The Bertz CT molecular complexity index is 837. The summed E-state index contributed by atoms with van der Waals surface area (Å²) in [7, 11) is 1.09. The summed E-state index contributed by atoms with van der Waals surface area (Å²) < 4.78 is 39.0. The third kappa shape index (κ3) is 2.20. The van der Waals surface area contributed by atoms with Crippen molar-refractivity contribution in [1.82, 2.24) is 4.57 Å². The predicted octanol–water partition coefficient (Wildman–Crippen LogP) is 2.40. The number of hydrogen-bond acceptors (Lipinski definition) is 4. The quantitative estimate of drug-likeness (QED) is 0.838. The van der Waals surface area contributed by atoms with Crippen molar-refractivity contribution in [3.63, 3.8) is 0 Å². The monoisotopic (exact) mass is 341 g/mol. The maximum absolute atomic E-state index is 12.9. The molecule has 1 aromatic heterocycles. The van der Waals surface area contributed by atoms with Crippen molar-refractivity contribution < 1.29 is 27.9 Å². The maximum atomic E-state index is 12.9. The average Bonchev–Trinajstić information content (AvgIpc) is 2.89. The van der Waals surface area contributed by atoms with Crippen LogP contribution in [0.15, 0.2) is 28.8 Å². The second-order valence-electron chi connectivity index (χ2n) is 6.28. The normalized spacial score (nSPS) is 26.4. The molecular weight excluding hydrogens is 327 g/mol. The van der Waals surface area contributed by atoms with Gasteiger partial charge in [0.1, 0.15) is 11.3 Å². The van der Waals surface area contributed by atoms with Crippen LogP contribution in [0, 0.1) is 11.3 Å². The largest absolute Gasteiger partial charge is 0.511 e. The SMILES string of the molecule is Cn1c(C(=O)C23CCC(C2)C(=O)C=C3O)ccc(C(F)(F)F)c1=O. The lowest BCUT2D eigenvalue weighted by Gasteiger charge is -2.30. The fraction of sp³-hybridized carbons (Fsp3) is 0.438. The van der Waals surface area contributed by atoms with Crippen molar-refractivity contribution in [2.75, 3.05) is 0 Å². The van der Waals surface area contributed by atoms with E-state index in [0.717, 1.165) is 19.2 Å². The summed E-state index contributed by atoms with van der Waals surface area (Å²) in [4.78, 5) is 36.5. The van der Waals surface area contributed by atoms with Gasteiger partial charge in [0.15, 0.2) is 11.6 Å². The minimum atomic E-state index is -4.81. The highest BCUT2D eigenvalue weighted by Crippen LogP contribution is 2.51. The Morgan fingerprint density at radius 3 is 2.62 bits per heavy atom. The van der Waals surface area contributed by atoms with Crippen LogP contribution in [-0.2, 0) is 18.0 Å². The highest BCUT2D eigenvalue weighted by atomic mass is 19.4. The molecule has 128 valence electrons. The van der Waals surface area contributed by atoms with Gasteiger partial charge in [0.25, 0.3) is 5.56 Å². The van der Waals surface area contributed by atoms with E-state index in [1.807, 2.05) is 0 Å². The van der Waals surface area contributed by atoms with Crippen molar-refractivity contribution in [3.05, 3.63) is 45.6 Å². The van der Waals surface area contributed by atoms with Crippen molar-refractivity contribution in [2.45, 2.75) is 25.4 Å². The van der Waals surface area contributed by atoms with Crippen LogP contribution in [0.4, 0.5) is 13.2 Å². The number of aliphatic hydroxyl groups is 1. The number of pyridine rings is 1. The second-order valence-corrected chi connectivity index (χ2v) is 6.28. The lowest BCUT2D eigenvalue weighted by Crippen LogP contribution is -2.38. The molecule has 0 radical (unpaired) electrons. The number of aliphatic hydroxyl groups excluding tert-OH is 1. The Balaban J connectivity index is 2.09. The number of nitrogens with zero attached hydrogens (tertiary/aromatic N) is 1. The van der Waals surface area contributed by atoms with Gasteiger partial charge in [0, 0.05) is 19.0 Å². The van der Waals surface area contributed by atoms with Gasteiger partial charge in [-0.05, 0) is 31.4 Å². The molecule has 2 unspecified atom stereocenters. The molecule has 1 aromatic rings. The summed E-state index contributed by atoms with van der Waals surface area (Å²) in [6.45, 7) is 0. The lowest BCUT2D eigenvalue weighted by molar-refractivity contribution is -0.139. The molecule has 2 aliphatic carbocycles. The van der Waals surface area contributed by atoms with Crippen LogP contribution in [0.5, 0.6) is 0 Å². The van der Waals surface area contributed by atoms with E-state index in [1.165, 1.54) is 0 Å². The summed E-state index contributed by atoms with van der Waals surface area (Å²) in [5, 5.41) is 10.1. The van der Waals surface area contributed by atoms with Crippen LogP contribution in [-0.4, -0.2) is 21.2 Å².